The summed E-state index contributed by atoms with van der Waals surface area (Å²) in [6.45, 7) is 0. The Kier molecular flexibility index (Phi) is 5.25. The van der Waals surface area contributed by atoms with E-state index < -0.39 is 22.6 Å². The van der Waals surface area contributed by atoms with Crippen LogP contribution in [0.3, 0.4) is 0 Å². The molecule has 0 radical (unpaired) electrons. The van der Waals surface area contributed by atoms with Crippen LogP contribution in [0.15, 0.2) is 74.3 Å². The number of hydrogen-bond donors (Lipinski definition) is 0. The molecule has 9 heteroatoms. The van der Waals surface area contributed by atoms with Crippen LogP contribution < -0.4 is 9.68 Å². The number of carbonyl (C=O) groups is 1. The van der Waals surface area contributed by atoms with E-state index in [4.69, 9.17) is 9.15 Å². The molecule has 3 aromatic carbocycles. The molecule has 30 heavy (non-hydrogen) atoms. The molecule has 0 spiro atoms. The Bertz CT molecular complexity index is 1310. The Labute approximate surface area is 179 Å². The fourth-order valence-electron chi connectivity index (χ4n) is 2.84. The second-order valence-corrected chi connectivity index (χ2v) is 8.12. The van der Waals surface area contributed by atoms with Crippen molar-refractivity contribution in [3.05, 3.63) is 86.0 Å². The molecule has 1 aromatic heterocycles. The minimum Gasteiger partial charge on any atom is -0.423 e. The Morgan fingerprint density at radius 1 is 1.03 bits per heavy atom. The van der Waals surface area contributed by atoms with E-state index in [0.717, 1.165) is 27.9 Å². The summed E-state index contributed by atoms with van der Waals surface area (Å²) in [4.78, 5) is 23.6. The van der Waals surface area contributed by atoms with Crippen molar-refractivity contribution in [3.8, 4) is 16.9 Å². The highest BCUT2D eigenvalue weighted by Crippen LogP contribution is 2.37. The summed E-state index contributed by atoms with van der Waals surface area (Å²) in [5.74, 6) is -0.562. The topological polar surface area (TPSA) is 56.5 Å². The number of esters is 1. The number of halogens is 4. The lowest BCUT2D eigenvalue weighted by Gasteiger charge is -2.11. The summed E-state index contributed by atoms with van der Waals surface area (Å²) in [7, 11) is 0. The highest BCUT2D eigenvalue weighted by atomic mass is 79.9. The molecule has 4 rings (SSSR count). The van der Waals surface area contributed by atoms with Crippen LogP contribution in [0, 0.1) is 0 Å². The van der Waals surface area contributed by atoms with E-state index in [9.17, 15) is 22.8 Å². The van der Waals surface area contributed by atoms with E-state index in [1.807, 2.05) is 0 Å². The van der Waals surface area contributed by atoms with Crippen LogP contribution >= 0.6 is 27.3 Å². The largest absolute Gasteiger partial charge is 0.423 e. The molecule has 152 valence electrons. The molecule has 4 aromatic rings. The first kappa shape index (κ1) is 20.4. The second-order valence-electron chi connectivity index (χ2n) is 6.23. The number of fused-ring (bicyclic) bond motifs is 1. The quantitative estimate of drug-likeness (QED) is 0.240. The lowest BCUT2D eigenvalue weighted by Crippen LogP contribution is -2.08. The zero-order chi connectivity index (χ0) is 21.5. The number of benzene rings is 3. The average Bonchev–Trinajstić information content (AvgIpc) is 3.07. The maximum atomic E-state index is 13.1. The summed E-state index contributed by atoms with van der Waals surface area (Å²) in [6, 6.07) is 13.9. The maximum absolute atomic E-state index is 13.1. The fraction of sp³-hybridized carbons (Fsp3) is 0.0476. The molecule has 0 fully saturated rings. The van der Waals surface area contributed by atoms with Gasteiger partial charge < -0.3 is 9.15 Å². The highest BCUT2D eigenvalue weighted by molar-refractivity contribution is 9.10. The molecule has 0 saturated heterocycles. The average molecular weight is 495 g/mol. The van der Waals surface area contributed by atoms with Gasteiger partial charge in [-0.3, -0.25) is 0 Å². The van der Waals surface area contributed by atoms with Gasteiger partial charge in [0.25, 0.3) is 0 Å². The number of hydrogen-bond acceptors (Lipinski definition) is 5. The van der Waals surface area contributed by atoms with Crippen molar-refractivity contribution in [3.63, 3.8) is 0 Å². The van der Waals surface area contributed by atoms with Crippen LogP contribution in [0.4, 0.5) is 13.2 Å². The van der Waals surface area contributed by atoms with E-state index in [2.05, 4.69) is 15.9 Å². The van der Waals surface area contributed by atoms with Gasteiger partial charge >= 0.3 is 17.1 Å². The fourth-order valence-corrected chi connectivity index (χ4v) is 3.83. The second kappa shape index (κ2) is 7.73. The summed E-state index contributed by atoms with van der Waals surface area (Å²) in [6.07, 6.45) is -4.53. The van der Waals surface area contributed by atoms with Crippen LogP contribution in [0.1, 0.15) is 15.9 Å². The van der Waals surface area contributed by atoms with Gasteiger partial charge in [-0.1, -0.05) is 39.4 Å². The van der Waals surface area contributed by atoms with Crippen molar-refractivity contribution in [1.82, 2.24) is 0 Å². The summed E-state index contributed by atoms with van der Waals surface area (Å²) in [5.41, 5.74) is -0.0245. The first-order valence-electron chi connectivity index (χ1n) is 8.44. The molecule has 0 amide bonds. The van der Waals surface area contributed by atoms with Gasteiger partial charge in [-0.05, 0) is 48.0 Å². The van der Waals surface area contributed by atoms with Crippen LogP contribution in [-0.4, -0.2) is 5.97 Å². The first-order chi connectivity index (χ1) is 14.2. The smallest absolute Gasteiger partial charge is 0.416 e. The van der Waals surface area contributed by atoms with E-state index in [-0.39, 0.29) is 22.5 Å². The van der Waals surface area contributed by atoms with Gasteiger partial charge in [0.2, 0.25) is 0 Å². The van der Waals surface area contributed by atoms with Gasteiger partial charge in [0.1, 0.15) is 5.75 Å². The van der Waals surface area contributed by atoms with E-state index >= 15 is 0 Å². The Morgan fingerprint density at radius 2 is 1.77 bits per heavy atom. The molecule has 0 aliphatic heterocycles. The summed E-state index contributed by atoms with van der Waals surface area (Å²) < 4.78 is 51.1. The maximum Gasteiger partial charge on any atom is 0.416 e. The van der Waals surface area contributed by atoms with Gasteiger partial charge in [0.15, 0.2) is 5.58 Å². The monoisotopic (exact) mass is 494 g/mol. The number of carbonyl (C=O) groups excluding carboxylic acids is 1. The van der Waals surface area contributed by atoms with Crippen LogP contribution in [-0.2, 0) is 6.18 Å². The molecule has 0 aliphatic carbocycles. The SMILES string of the molecule is O=C(Oc1cc(-c2cccc(C(F)(F)F)c2)c2oc(=O)sc2c1)c1ccc(Br)cc1. The minimum atomic E-state index is -4.53. The first-order valence-corrected chi connectivity index (χ1v) is 10.0. The molecule has 0 saturated carbocycles. The van der Waals surface area contributed by atoms with Gasteiger partial charge in [-0.25, -0.2) is 9.59 Å². The molecule has 0 aliphatic rings. The molecule has 4 nitrogen and oxygen atoms in total. The Balaban J connectivity index is 1.79. The molecule has 0 atom stereocenters. The van der Waals surface area contributed by atoms with E-state index in [1.165, 1.54) is 24.3 Å². The normalized spacial score (nSPS) is 11.6. The zero-order valence-corrected chi connectivity index (χ0v) is 17.2. The molecule has 1 heterocycles. The molecule has 0 unspecified atom stereocenters. The third-order valence-electron chi connectivity index (χ3n) is 4.20. The summed E-state index contributed by atoms with van der Waals surface area (Å²) >= 11 is 4.04. The van der Waals surface area contributed by atoms with Gasteiger partial charge in [-0.2, -0.15) is 13.2 Å². The van der Waals surface area contributed by atoms with Crippen LogP contribution in [0.5, 0.6) is 5.75 Å². The van der Waals surface area contributed by atoms with Crippen LogP contribution in [0.25, 0.3) is 21.4 Å². The third-order valence-corrected chi connectivity index (χ3v) is 5.50. The van der Waals surface area contributed by atoms with Gasteiger partial charge in [0.05, 0.1) is 15.8 Å². The molecule has 0 N–H and O–H groups in total. The van der Waals surface area contributed by atoms with Crippen LogP contribution in [0.2, 0.25) is 0 Å². The molecular formula is C21H10BrF3O4S. The third kappa shape index (κ3) is 4.17. The van der Waals surface area contributed by atoms with Crippen molar-refractivity contribution >= 4 is 43.5 Å². The number of ether oxygens (including phenoxy) is 1. The number of rotatable bonds is 3. The highest BCUT2D eigenvalue weighted by Gasteiger charge is 2.30. The van der Waals surface area contributed by atoms with Crippen molar-refractivity contribution in [2.75, 3.05) is 0 Å². The predicted molar refractivity (Wildman–Crippen MR) is 110 cm³/mol. The molecule has 0 bridgehead atoms. The summed E-state index contributed by atoms with van der Waals surface area (Å²) in [5, 5.41) is 0. The lowest BCUT2D eigenvalue weighted by molar-refractivity contribution is -0.137. The van der Waals surface area contributed by atoms with Gasteiger partial charge in [-0.15, -0.1) is 0 Å². The molecular weight excluding hydrogens is 485 g/mol. The van der Waals surface area contributed by atoms with Gasteiger partial charge in [0, 0.05) is 16.1 Å². The van der Waals surface area contributed by atoms with E-state index in [0.29, 0.717) is 10.3 Å². The van der Waals surface area contributed by atoms with Crippen molar-refractivity contribution in [2.45, 2.75) is 6.18 Å². The predicted octanol–water partition coefficient (Wildman–Crippen LogP) is 6.52. The van der Waals surface area contributed by atoms with E-state index in [1.54, 1.807) is 24.3 Å². The number of alkyl halides is 3. The zero-order valence-electron chi connectivity index (χ0n) is 14.8. The van der Waals surface area contributed by atoms with Crippen molar-refractivity contribution < 1.29 is 27.1 Å². The minimum absolute atomic E-state index is 0.0832. The Morgan fingerprint density at radius 3 is 2.47 bits per heavy atom. The lowest BCUT2D eigenvalue weighted by atomic mass is 10.0. The van der Waals surface area contributed by atoms with Crippen molar-refractivity contribution in [2.24, 2.45) is 0 Å². The van der Waals surface area contributed by atoms with Crippen molar-refractivity contribution in [1.29, 1.82) is 0 Å². The standard InChI is InChI=1S/C21H10BrF3O4S/c22-14-6-4-11(5-7-14)19(26)28-15-9-16(18-17(10-15)30-20(27)29-18)12-2-1-3-13(8-12)21(23,24)25/h1-10H. The Hall–Kier alpha value is -2.91.